The second kappa shape index (κ2) is 9.09. The molecule has 0 aliphatic carbocycles. The molecule has 4 heterocycles. The number of aromatic nitrogens is 2. The number of hydrogen-bond acceptors (Lipinski definition) is 6. The summed E-state index contributed by atoms with van der Waals surface area (Å²) in [6, 6.07) is 13.9. The zero-order valence-corrected chi connectivity index (χ0v) is 17.4. The molecule has 7 heteroatoms. The molecular weight excluding hydrogens is 392 g/mol. The van der Waals surface area contributed by atoms with Crippen molar-refractivity contribution in [2.24, 2.45) is 0 Å². The molecule has 1 aromatic carbocycles. The van der Waals surface area contributed by atoms with Crippen LogP contribution in [0.3, 0.4) is 0 Å². The van der Waals surface area contributed by atoms with Crippen LogP contribution in [-0.4, -0.2) is 71.7 Å². The van der Waals surface area contributed by atoms with Crippen LogP contribution in [0.5, 0.6) is 0 Å². The van der Waals surface area contributed by atoms with Gasteiger partial charge in [-0.05, 0) is 29.8 Å². The third kappa shape index (κ3) is 4.44. The Morgan fingerprint density at radius 1 is 1.03 bits per heavy atom. The van der Waals surface area contributed by atoms with Crippen LogP contribution in [0.2, 0.25) is 0 Å². The van der Waals surface area contributed by atoms with Crippen LogP contribution in [0.1, 0.15) is 27.7 Å². The van der Waals surface area contributed by atoms with Crippen molar-refractivity contribution >= 4 is 16.8 Å². The fraction of sp³-hybridized carbons (Fsp3) is 0.375. The molecule has 2 saturated heterocycles. The minimum atomic E-state index is -0.170. The number of amides is 1. The number of para-hydroxylation sites is 1. The number of morpholine rings is 2. The maximum Gasteiger partial charge on any atom is 0.254 e. The monoisotopic (exact) mass is 418 g/mol. The maximum absolute atomic E-state index is 13.3. The van der Waals surface area contributed by atoms with Crippen molar-refractivity contribution in [3.8, 4) is 0 Å². The predicted molar refractivity (Wildman–Crippen MR) is 117 cm³/mol. The third-order valence-corrected chi connectivity index (χ3v) is 5.90. The van der Waals surface area contributed by atoms with E-state index in [0.29, 0.717) is 38.5 Å². The summed E-state index contributed by atoms with van der Waals surface area (Å²) in [6.07, 6.45) is 3.47. The van der Waals surface area contributed by atoms with Gasteiger partial charge in [-0.15, -0.1) is 0 Å². The fourth-order valence-electron chi connectivity index (χ4n) is 4.25. The van der Waals surface area contributed by atoms with E-state index in [1.807, 2.05) is 59.8 Å². The Kier molecular flexibility index (Phi) is 5.88. The Hall–Kier alpha value is -2.87. The van der Waals surface area contributed by atoms with Crippen LogP contribution in [0.15, 0.2) is 54.9 Å². The van der Waals surface area contributed by atoms with E-state index in [-0.39, 0.29) is 12.0 Å². The normalized spacial score (nSPS) is 20.1. The lowest BCUT2D eigenvalue weighted by atomic mass is 10.0. The average Bonchev–Trinajstić information content (AvgIpc) is 2.84. The molecule has 1 unspecified atom stereocenters. The highest BCUT2D eigenvalue weighted by Crippen LogP contribution is 2.27. The summed E-state index contributed by atoms with van der Waals surface area (Å²) >= 11 is 0. The van der Waals surface area contributed by atoms with Crippen LogP contribution in [-0.2, 0) is 16.0 Å². The molecule has 31 heavy (non-hydrogen) atoms. The quantitative estimate of drug-likeness (QED) is 0.649. The van der Waals surface area contributed by atoms with Gasteiger partial charge >= 0.3 is 0 Å². The summed E-state index contributed by atoms with van der Waals surface area (Å²) in [5, 5.41) is 0.882. The summed E-state index contributed by atoms with van der Waals surface area (Å²) in [5.74, 6) is 0.0348. The number of carbonyl (C=O) groups is 1. The standard InChI is InChI=1S/C24H26N4O3/c29-24(28-10-12-30-13-11-28)20-15-22(26-21-4-2-1-3-19(20)21)23-17-27(9-14-31-23)16-18-5-7-25-8-6-18/h1-8,15,23H,9-14,16-17H2. The molecule has 2 aromatic heterocycles. The third-order valence-electron chi connectivity index (χ3n) is 5.90. The minimum absolute atomic E-state index is 0.0348. The lowest BCUT2D eigenvalue weighted by molar-refractivity contribution is -0.0348. The molecule has 7 nitrogen and oxygen atoms in total. The van der Waals surface area contributed by atoms with E-state index in [2.05, 4.69) is 9.88 Å². The number of fused-ring (bicyclic) bond motifs is 1. The Morgan fingerprint density at radius 2 is 1.84 bits per heavy atom. The molecule has 3 aromatic rings. The second-order valence-corrected chi connectivity index (χ2v) is 7.97. The first-order valence-corrected chi connectivity index (χ1v) is 10.8. The van der Waals surface area contributed by atoms with Gasteiger partial charge < -0.3 is 14.4 Å². The van der Waals surface area contributed by atoms with Gasteiger partial charge in [-0.2, -0.15) is 0 Å². The smallest absolute Gasteiger partial charge is 0.254 e. The van der Waals surface area contributed by atoms with Gasteiger partial charge in [0, 0.05) is 50.5 Å². The molecule has 160 valence electrons. The minimum Gasteiger partial charge on any atom is -0.378 e. The van der Waals surface area contributed by atoms with Crippen LogP contribution < -0.4 is 0 Å². The van der Waals surface area contributed by atoms with Crippen LogP contribution in [0.25, 0.3) is 10.9 Å². The molecule has 0 bridgehead atoms. The van der Waals surface area contributed by atoms with E-state index in [4.69, 9.17) is 14.5 Å². The largest absolute Gasteiger partial charge is 0.378 e. The molecule has 0 N–H and O–H groups in total. The lowest BCUT2D eigenvalue weighted by Crippen LogP contribution is -2.41. The van der Waals surface area contributed by atoms with Crippen molar-refractivity contribution in [2.45, 2.75) is 12.6 Å². The van der Waals surface area contributed by atoms with Crippen LogP contribution in [0.4, 0.5) is 0 Å². The molecule has 0 radical (unpaired) electrons. The number of pyridine rings is 2. The van der Waals surface area contributed by atoms with Crippen molar-refractivity contribution < 1.29 is 14.3 Å². The second-order valence-electron chi connectivity index (χ2n) is 7.97. The Bertz CT molecular complexity index is 1050. The van der Waals surface area contributed by atoms with E-state index in [0.717, 1.165) is 36.2 Å². The van der Waals surface area contributed by atoms with Gasteiger partial charge in [0.25, 0.3) is 5.91 Å². The van der Waals surface area contributed by atoms with E-state index in [9.17, 15) is 4.79 Å². The zero-order valence-electron chi connectivity index (χ0n) is 17.4. The number of rotatable bonds is 4. The fourth-order valence-corrected chi connectivity index (χ4v) is 4.25. The molecule has 0 saturated carbocycles. The lowest BCUT2D eigenvalue weighted by Gasteiger charge is -2.33. The Morgan fingerprint density at radius 3 is 2.68 bits per heavy atom. The van der Waals surface area contributed by atoms with E-state index < -0.39 is 0 Å². The summed E-state index contributed by atoms with van der Waals surface area (Å²) in [4.78, 5) is 26.5. The Balaban J connectivity index is 1.43. The van der Waals surface area contributed by atoms with Crippen molar-refractivity contribution in [3.05, 3.63) is 71.7 Å². The summed E-state index contributed by atoms with van der Waals surface area (Å²) in [7, 11) is 0. The highest BCUT2D eigenvalue weighted by atomic mass is 16.5. The van der Waals surface area contributed by atoms with Gasteiger partial charge in [-0.25, -0.2) is 4.98 Å². The van der Waals surface area contributed by atoms with E-state index in [1.165, 1.54) is 5.56 Å². The molecule has 0 spiro atoms. The maximum atomic E-state index is 13.3. The predicted octanol–water partition coefficient (Wildman–Crippen LogP) is 2.68. The average molecular weight is 418 g/mol. The molecule has 2 fully saturated rings. The van der Waals surface area contributed by atoms with Gasteiger partial charge in [-0.3, -0.25) is 14.7 Å². The Labute approximate surface area is 181 Å². The first-order chi connectivity index (χ1) is 15.3. The van der Waals surface area contributed by atoms with Gasteiger partial charge in [0.1, 0.15) is 6.10 Å². The topological polar surface area (TPSA) is 67.8 Å². The molecule has 1 atom stereocenters. The van der Waals surface area contributed by atoms with E-state index >= 15 is 0 Å². The number of hydrogen-bond donors (Lipinski definition) is 0. The first kappa shape index (κ1) is 20.1. The first-order valence-electron chi connectivity index (χ1n) is 10.8. The summed E-state index contributed by atoms with van der Waals surface area (Å²) < 4.78 is 11.5. The number of ether oxygens (including phenoxy) is 2. The number of benzene rings is 1. The molecule has 2 aliphatic rings. The molecule has 5 rings (SSSR count). The van der Waals surface area contributed by atoms with Crippen LogP contribution in [0, 0.1) is 0 Å². The zero-order chi connectivity index (χ0) is 21.0. The van der Waals surface area contributed by atoms with Crippen molar-refractivity contribution in [2.75, 3.05) is 46.0 Å². The highest BCUT2D eigenvalue weighted by molar-refractivity contribution is 6.06. The van der Waals surface area contributed by atoms with Gasteiger partial charge in [0.15, 0.2) is 0 Å². The SMILES string of the molecule is O=C(c1cc(C2CN(Cc3ccncc3)CCO2)nc2ccccc12)N1CCOCC1. The number of carbonyl (C=O) groups excluding carboxylic acids is 1. The molecule has 2 aliphatic heterocycles. The van der Waals surface area contributed by atoms with Crippen molar-refractivity contribution in [3.63, 3.8) is 0 Å². The van der Waals surface area contributed by atoms with Gasteiger partial charge in [0.05, 0.1) is 36.6 Å². The summed E-state index contributed by atoms with van der Waals surface area (Å²) in [6.45, 7) is 5.47. The highest BCUT2D eigenvalue weighted by Gasteiger charge is 2.27. The van der Waals surface area contributed by atoms with Crippen molar-refractivity contribution in [1.29, 1.82) is 0 Å². The van der Waals surface area contributed by atoms with Gasteiger partial charge in [0.2, 0.25) is 0 Å². The molecular formula is C24H26N4O3. The van der Waals surface area contributed by atoms with Gasteiger partial charge in [-0.1, -0.05) is 18.2 Å². The summed E-state index contributed by atoms with van der Waals surface area (Å²) in [5.41, 5.74) is 3.56. The van der Waals surface area contributed by atoms with Crippen molar-refractivity contribution in [1.82, 2.24) is 19.8 Å². The van der Waals surface area contributed by atoms with Crippen LogP contribution >= 0.6 is 0 Å². The number of nitrogens with zero attached hydrogens (tertiary/aromatic N) is 4. The van der Waals surface area contributed by atoms with E-state index in [1.54, 1.807) is 0 Å². The molecule has 1 amide bonds.